The van der Waals surface area contributed by atoms with E-state index in [0.717, 1.165) is 18.4 Å². The highest BCUT2D eigenvalue weighted by Gasteiger charge is 2.15. The van der Waals surface area contributed by atoms with Crippen LogP contribution in [0.4, 0.5) is 0 Å². The number of hydrogen-bond donors (Lipinski definition) is 2. The van der Waals surface area contributed by atoms with Gasteiger partial charge < -0.3 is 10.2 Å². The summed E-state index contributed by atoms with van der Waals surface area (Å²) in [6.07, 6.45) is 6.86. The Morgan fingerprint density at radius 1 is 1.00 bits per heavy atom. The normalized spacial score (nSPS) is 11.0. The van der Waals surface area contributed by atoms with Crippen LogP contribution in [0.15, 0.2) is 18.2 Å². The van der Waals surface area contributed by atoms with Crippen LogP contribution >= 0.6 is 0 Å². The summed E-state index contributed by atoms with van der Waals surface area (Å²) in [5.74, 6) is 0.942. The second kappa shape index (κ2) is 7.21. The lowest BCUT2D eigenvalue weighted by molar-refractivity contribution is 0.435. The molecule has 0 atom stereocenters. The third-order valence-electron chi connectivity index (χ3n) is 3.26. The number of phenolic OH excluding ortho intramolecular Hbond substituents is 2. The largest absolute Gasteiger partial charge is 0.508 e. The molecule has 0 saturated heterocycles. The maximum atomic E-state index is 9.89. The number of aromatic hydroxyl groups is 2. The molecule has 0 saturated carbocycles. The summed E-state index contributed by atoms with van der Waals surface area (Å²) < 4.78 is 0. The van der Waals surface area contributed by atoms with Gasteiger partial charge in [0.2, 0.25) is 0 Å². The number of hydrogen-bond acceptors (Lipinski definition) is 2. The molecule has 0 aromatic heterocycles. The van der Waals surface area contributed by atoms with Crippen molar-refractivity contribution in [2.45, 2.75) is 58.3 Å². The van der Waals surface area contributed by atoms with E-state index >= 15 is 0 Å². The van der Waals surface area contributed by atoms with Gasteiger partial charge in [-0.15, -0.1) is 0 Å². The van der Waals surface area contributed by atoms with Crippen molar-refractivity contribution in [3.8, 4) is 11.5 Å². The molecular formula is C15H24O2. The smallest absolute Gasteiger partial charge is 0.119 e. The Morgan fingerprint density at radius 2 is 1.59 bits per heavy atom. The van der Waals surface area contributed by atoms with Gasteiger partial charge >= 0.3 is 0 Å². The van der Waals surface area contributed by atoms with Crippen LogP contribution in [-0.4, -0.2) is 10.2 Å². The summed E-state index contributed by atoms with van der Waals surface area (Å²) in [5.41, 5.74) is 0.909. The van der Waals surface area contributed by atoms with E-state index in [2.05, 4.69) is 13.8 Å². The zero-order valence-electron chi connectivity index (χ0n) is 10.9. The van der Waals surface area contributed by atoms with Crippen LogP contribution in [0.1, 0.15) is 63.9 Å². The van der Waals surface area contributed by atoms with Crippen molar-refractivity contribution in [3.05, 3.63) is 23.8 Å². The average molecular weight is 236 g/mol. The fourth-order valence-electron chi connectivity index (χ4n) is 2.23. The Labute approximate surface area is 104 Å². The molecule has 1 rings (SSSR count). The van der Waals surface area contributed by atoms with Gasteiger partial charge in [0, 0.05) is 5.56 Å². The Balaban J connectivity index is 2.82. The highest BCUT2D eigenvalue weighted by molar-refractivity contribution is 5.40. The number of phenols is 2. The molecule has 1 aromatic carbocycles. The van der Waals surface area contributed by atoms with Crippen LogP contribution in [0.3, 0.4) is 0 Å². The van der Waals surface area contributed by atoms with Crippen LogP contribution in [0.5, 0.6) is 11.5 Å². The van der Waals surface area contributed by atoms with Gasteiger partial charge in [0.15, 0.2) is 0 Å². The molecule has 0 aliphatic rings. The first-order valence-electron chi connectivity index (χ1n) is 6.70. The van der Waals surface area contributed by atoms with Crippen LogP contribution in [0, 0.1) is 0 Å². The number of unbranched alkanes of at least 4 members (excludes halogenated alkanes) is 2. The van der Waals surface area contributed by atoms with E-state index in [1.54, 1.807) is 12.1 Å². The minimum absolute atomic E-state index is 0.246. The van der Waals surface area contributed by atoms with Crippen LogP contribution in [-0.2, 0) is 0 Å². The Bertz CT molecular complexity index is 326. The average Bonchev–Trinajstić information content (AvgIpc) is 2.33. The van der Waals surface area contributed by atoms with E-state index in [-0.39, 0.29) is 5.75 Å². The lowest BCUT2D eigenvalue weighted by Crippen LogP contribution is -1.99. The third kappa shape index (κ3) is 4.29. The van der Waals surface area contributed by atoms with Gasteiger partial charge in [-0.3, -0.25) is 0 Å². The molecule has 0 aliphatic heterocycles. The summed E-state index contributed by atoms with van der Waals surface area (Å²) >= 11 is 0. The molecule has 0 unspecified atom stereocenters. The SMILES string of the molecule is CCCCC(CCCC)c1cc(O)ccc1O. The minimum atomic E-state index is 0.246. The van der Waals surface area contributed by atoms with Gasteiger partial charge in [0.05, 0.1) is 0 Å². The molecule has 0 spiro atoms. The molecule has 1 aromatic rings. The quantitative estimate of drug-likeness (QED) is 0.681. The second-order valence-electron chi connectivity index (χ2n) is 4.72. The zero-order valence-corrected chi connectivity index (χ0v) is 10.9. The van der Waals surface area contributed by atoms with E-state index in [1.165, 1.54) is 31.7 Å². The maximum Gasteiger partial charge on any atom is 0.119 e. The first-order chi connectivity index (χ1) is 8.19. The Morgan fingerprint density at radius 3 is 2.12 bits per heavy atom. The molecule has 0 amide bonds. The summed E-state index contributed by atoms with van der Waals surface area (Å²) in [5, 5.41) is 19.4. The Kier molecular flexibility index (Phi) is 5.88. The second-order valence-corrected chi connectivity index (χ2v) is 4.72. The van der Waals surface area contributed by atoms with E-state index in [0.29, 0.717) is 11.7 Å². The van der Waals surface area contributed by atoms with Gasteiger partial charge in [-0.25, -0.2) is 0 Å². The lowest BCUT2D eigenvalue weighted by atomic mass is 9.88. The predicted molar refractivity (Wildman–Crippen MR) is 71.6 cm³/mol. The van der Waals surface area contributed by atoms with Crippen molar-refractivity contribution < 1.29 is 10.2 Å². The van der Waals surface area contributed by atoms with E-state index in [9.17, 15) is 10.2 Å². The molecule has 96 valence electrons. The first-order valence-corrected chi connectivity index (χ1v) is 6.70. The molecule has 0 aliphatic carbocycles. The van der Waals surface area contributed by atoms with Crippen molar-refractivity contribution in [2.24, 2.45) is 0 Å². The summed E-state index contributed by atoms with van der Waals surface area (Å²) in [7, 11) is 0. The molecule has 0 heterocycles. The fourth-order valence-corrected chi connectivity index (χ4v) is 2.23. The molecule has 0 radical (unpaired) electrons. The monoisotopic (exact) mass is 236 g/mol. The molecule has 0 fully saturated rings. The molecule has 2 nitrogen and oxygen atoms in total. The first kappa shape index (κ1) is 13.9. The highest BCUT2D eigenvalue weighted by Crippen LogP contribution is 2.35. The highest BCUT2D eigenvalue weighted by atomic mass is 16.3. The summed E-state index contributed by atoms with van der Waals surface area (Å²) in [6, 6.07) is 4.84. The number of benzene rings is 1. The van der Waals surface area contributed by atoms with Gasteiger partial charge in [0.1, 0.15) is 11.5 Å². The van der Waals surface area contributed by atoms with Crippen LogP contribution < -0.4 is 0 Å². The van der Waals surface area contributed by atoms with E-state index in [1.807, 2.05) is 0 Å². The molecular weight excluding hydrogens is 212 g/mol. The van der Waals surface area contributed by atoms with Crippen molar-refractivity contribution in [2.75, 3.05) is 0 Å². The lowest BCUT2D eigenvalue weighted by Gasteiger charge is -2.18. The standard InChI is InChI=1S/C15H24O2/c1-3-5-7-12(8-6-4-2)14-11-13(16)9-10-15(14)17/h9-12,16-17H,3-8H2,1-2H3. The molecule has 0 bridgehead atoms. The third-order valence-corrected chi connectivity index (χ3v) is 3.26. The van der Waals surface area contributed by atoms with Crippen molar-refractivity contribution in [1.29, 1.82) is 0 Å². The maximum absolute atomic E-state index is 9.89. The topological polar surface area (TPSA) is 40.5 Å². The van der Waals surface area contributed by atoms with E-state index < -0.39 is 0 Å². The minimum Gasteiger partial charge on any atom is -0.508 e. The Hall–Kier alpha value is -1.18. The van der Waals surface area contributed by atoms with Gasteiger partial charge in [-0.2, -0.15) is 0 Å². The van der Waals surface area contributed by atoms with Gasteiger partial charge in [-0.1, -0.05) is 39.5 Å². The van der Waals surface area contributed by atoms with Gasteiger partial charge in [-0.05, 0) is 37.0 Å². The molecule has 2 N–H and O–H groups in total. The predicted octanol–water partition coefficient (Wildman–Crippen LogP) is 4.56. The molecule has 2 heteroatoms. The summed E-state index contributed by atoms with van der Waals surface area (Å²) in [4.78, 5) is 0. The number of rotatable bonds is 7. The summed E-state index contributed by atoms with van der Waals surface area (Å²) in [6.45, 7) is 4.36. The van der Waals surface area contributed by atoms with Crippen LogP contribution in [0.2, 0.25) is 0 Å². The van der Waals surface area contributed by atoms with Gasteiger partial charge in [0.25, 0.3) is 0 Å². The molecule has 17 heavy (non-hydrogen) atoms. The van der Waals surface area contributed by atoms with Crippen molar-refractivity contribution in [1.82, 2.24) is 0 Å². The van der Waals surface area contributed by atoms with Crippen molar-refractivity contribution in [3.63, 3.8) is 0 Å². The van der Waals surface area contributed by atoms with Crippen LogP contribution in [0.25, 0.3) is 0 Å². The van der Waals surface area contributed by atoms with Crippen molar-refractivity contribution >= 4 is 0 Å². The zero-order chi connectivity index (χ0) is 12.7. The fraction of sp³-hybridized carbons (Fsp3) is 0.600. The van der Waals surface area contributed by atoms with E-state index in [4.69, 9.17) is 0 Å².